The number of carbonyl (C=O) groups is 1. The van der Waals surface area contributed by atoms with Gasteiger partial charge in [0.1, 0.15) is 0 Å². The Labute approximate surface area is 87.7 Å². The van der Waals surface area contributed by atoms with Crippen molar-refractivity contribution in [1.82, 2.24) is 9.88 Å². The average molecular weight is 213 g/mol. The molecule has 2 N–H and O–H groups in total. The Balaban J connectivity index is 2.64. The molecule has 0 aliphatic carbocycles. The van der Waals surface area contributed by atoms with Crippen molar-refractivity contribution in [3.05, 3.63) is 16.1 Å². The van der Waals surface area contributed by atoms with Gasteiger partial charge in [-0.15, -0.1) is 11.3 Å². The van der Waals surface area contributed by atoms with Crippen LogP contribution in [0.4, 0.5) is 4.79 Å². The molecule has 1 aromatic rings. The molecule has 5 heteroatoms. The lowest BCUT2D eigenvalue weighted by Crippen LogP contribution is -2.31. The second-order valence-corrected chi connectivity index (χ2v) is 4.66. The average Bonchev–Trinajstić information content (AvgIpc) is 2.52. The van der Waals surface area contributed by atoms with Crippen molar-refractivity contribution in [1.29, 1.82) is 0 Å². The van der Waals surface area contributed by atoms with Gasteiger partial charge in [-0.1, -0.05) is 13.8 Å². The number of urea groups is 1. The van der Waals surface area contributed by atoms with E-state index in [0.717, 1.165) is 9.88 Å². The van der Waals surface area contributed by atoms with Crippen LogP contribution in [-0.4, -0.2) is 23.0 Å². The summed E-state index contributed by atoms with van der Waals surface area (Å²) in [7, 11) is 1.68. The molecule has 0 fully saturated rings. The number of amides is 2. The molecule has 0 saturated carbocycles. The molecule has 0 radical (unpaired) electrons. The Bertz CT molecular complexity index is 322. The summed E-state index contributed by atoms with van der Waals surface area (Å²) >= 11 is 1.63. The fourth-order valence-corrected chi connectivity index (χ4v) is 1.95. The maximum atomic E-state index is 10.8. The van der Waals surface area contributed by atoms with Gasteiger partial charge in [-0.2, -0.15) is 0 Å². The smallest absolute Gasteiger partial charge is 0.314 e. The molecule has 0 saturated heterocycles. The Morgan fingerprint density at radius 1 is 1.71 bits per heavy atom. The SMILES string of the molecule is CC(C)c1ncc(CN(C)C(N)=O)s1. The van der Waals surface area contributed by atoms with Gasteiger partial charge in [-0.25, -0.2) is 9.78 Å². The normalized spacial score (nSPS) is 10.6. The van der Waals surface area contributed by atoms with Crippen molar-refractivity contribution in [2.75, 3.05) is 7.05 Å². The first kappa shape index (κ1) is 11.0. The van der Waals surface area contributed by atoms with Gasteiger partial charge >= 0.3 is 6.03 Å². The highest BCUT2D eigenvalue weighted by atomic mass is 32.1. The number of thiazole rings is 1. The summed E-state index contributed by atoms with van der Waals surface area (Å²) in [4.78, 5) is 17.6. The van der Waals surface area contributed by atoms with Crippen LogP contribution in [0.2, 0.25) is 0 Å². The lowest BCUT2D eigenvalue weighted by atomic mass is 10.2. The zero-order chi connectivity index (χ0) is 10.7. The molecule has 0 spiro atoms. The maximum absolute atomic E-state index is 10.8. The Morgan fingerprint density at radius 3 is 2.79 bits per heavy atom. The van der Waals surface area contributed by atoms with Gasteiger partial charge in [0.15, 0.2) is 0 Å². The standard InChI is InChI=1S/C9H15N3OS/c1-6(2)8-11-4-7(14-8)5-12(3)9(10)13/h4,6H,5H2,1-3H3,(H2,10,13). The van der Waals surface area contributed by atoms with E-state index in [2.05, 4.69) is 18.8 Å². The second-order valence-electron chi connectivity index (χ2n) is 3.51. The van der Waals surface area contributed by atoms with Crippen LogP contribution < -0.4 is 5.73 Å². The van der Waals surface area contributed by atoms with Gasteiger partial charge in [-0.05, 0) is 0 Å². The van der Waals surface area contributed by atoms with Crippen molar-refractivity contribution >= 4 is 17.4 Å². The van der Waals surface area contributed by atoms with Crippen LogP contribution in [0.15, 0.2) is 6.20 Å². The van der Waals surface area contributed by atoms with E-state index in [0.29, 0.717) is 12.5 Å². The first-order valence-electron chi connectivity index (χ1n) is 4.46. The van der Waals surface area contributed by atoms with Crippen molar-refractivity contribution in [3.8, 4) is 0 Å². The third-order valence-corrected chi connectivity index (χ3v) is 3.12. The van der Waals surface area contributed by atoms with Gasteiger partial charge in [0, 0.05) is 24.0 Å². The Morgan fingerprint density at radius 2 is 2.36 bits per heavy atom. The van der Waals surface area contributed by atoms with Crippen LogP contribution in [0.25, 0.3) is 0 Å². The van der Waals surface area contributed by atoms with Crippen molar-refractivity contribution in [3.63, 3.8) is 0 Å². The molecule has 0 atom stereocenters. The predicted molar refractivity (Wildman–Crippen MR) is 57.3 cm³/mol. The summed E-state index contributed by atoms with van der Waals surface area (Å²) in [5.74, 6) is 0.438. The molecule has 0 bridgehead atoms. The monoisotopic (exact) mass is 213 g/mol. The van der Waals surface area contributed by atoms with E-state index in [4.69, 9.17) is 5.73 Å². The maximum Gasteiger partial charge on any atom is 0.314 e. The van der Waals surface area contributed by atoms with E-state index in [1.165, 1.54) is 4.90 Å². The summed E-state index contributed by atoms with van der Waals surface area (Å²) in [5, 5.41) is 1.10. The van der Waals surface area contributed by atoms with Crippen LogP contribution in [0.3, 0.4) is 0 Å². The topological polar surface area (TPSA) is 59.2 Å². The van der Waals surface area contributed by atoms with Gasteiger partial charge in [0.25, 0.3) is 0 Å². The minimum Gasteiger partial charge on any atom is -0.351 e. The van der Waals surface area contributed by atoms with Crippen molar-refractivity contribution < 1.29 is 4.79 Å². The van der Waals surface area contributed by atoms with Gasteiger partial charge in [0.05, 0.1) is 11.6 Å². The Kier molecular flexibility index (Phi) is 3.46. The lowest BCUT2D eigenvalue weighted by Gasteiger charge is -2.11. The molecule has 1 rings (SSSR count). The summed E-state index contributed by atoms with van der Waals surface area (Å²) in [6, 6.07) is -0.413. The van der Waals surface area contributed by atoms with E-state index < -0.39 is 6.03 Å². The third-order valence-electron chi connectivity index (χ3n) is 1.83. The number of aromatic nitrogens is 1. The van der Waals surface area contributed by atoms with E-state index in [-0.39, 0.29) is 0 Å². The van der Waals surface area contributed by atoms with Gasteiger partial charge in [0.2, 0.25) is 0 Å². The number of rotatable bonds is 3. The molecule has 0 aliphatic heterocycles. The highest BCUT2D eigenvalue weighted by molar-refractivity contribution is 7.11. The van der Waals surface area contributed by atoms with Gasteiger partial charge in [-0.3, -0.25) is 0 Å². The fourth-order valence-electron chi connectivity index (χ4n) is 0.974. The highest BCUT2D eigenvalue weighted by Crippen LogP contribution is 2.21. The van der Waals surface area contributed by atoms with Crippen LogP contribution >= 0.6 is 11.3 Å². The van der Waals surface area contributed by atoms with Crippen LogP contribution in [0, 0.1) is 0 Å². The first-order chi connectivity index (χ1) is 6.50. The summed E-state index contributed by atoms with van der Waals surface area (Å²) in [6.45, 7) is 4.74. The summed E-state index contributed by atoms with van der Waals surface area (Å²) < 4.78 is 0. The Hall–Kier alpha value is -1.10. The van der Waals surface area contributed by atoms with Crippen LogP contribution in [-0.2, 0) is 6.54 Å². The number of primary amides is 1. The fraction of sp³-hybridized carbons (Fsp3) is 0.556. The molecule has 0 unspecified atom stereocenters. The predicted octanol–water partition coefficient (Wildman–Crippen LogP) is 1.78. The molecule has 2 amide bonds. The summed E-state index contributed by atoms with van der Waals surface area (Å²) in [6.07, 6.45) is 1.80. The molecular weight excluding hydrogens is 198 g/mol. The molecule has 78 valence electrons. The molecular formula is C9H15N3OS. The number of hydrogen-bond donors (Lipinski definition) is 1. The van der Waals surface area contributed by atoms with Crippen molar-refractivity contribution in [2.24, 2.45) is 5.73 Å². The van der Waals surface area contributed by atoms with Crippen molar-refractivity contribution in [2.45, 2.75) is 26.3 Å². The highest BCUT2D eigenvalue weighted by Gasteiger charge is 2.09. The molecule has 4 nitrogen and oxygen atoms in total. The molecule has 1 aromatic heterocycles. The van der Waals surface area contributed by atoms with E-state index in [9.17, 15) is 4.79 Å². The van der Waals surface area contributed by atoms with E-state index >= 15 is 0 Å². The number of carbonyl (C=O) groups excluding carboxylic acids is 1. The van der Waals surface area contributed by atoms with Crippen LogP contribution in [0.1, 0.15) is 29.7 Å². The molecule has 1 heterocycles. The zero-order valence-corrected chi connectivity index (χ0v) is 9.47. The second kappa shape index (κ2) is 4.41. The minimum atomic E-state index is -0.413. The lowest BCUT2D eigenvalue weighted by molar-refractivity contribution is 0.217. The van der Waals surface area contributed by atoms with E-state index in [1.807, 2.05) is 0 Å². The van der Waals surface area contributed by atoms with Gasteiger partial charge < -0.3 is 10.6 Å². The largest absolute Gasteiger partial charge is 0.351 e. The minimum absolute atomic E-state index is 0.413. The molecule has 14 heavy (non-hydrogen) atoms. The van der Waals surface area contributed by atoms with Crippen LogP contribution in [0.5, 0.6) is 0 Å². The number of nitrogens with zero attached hydrogens (tertiary/aromatic N) is 2. The van der Waals surface area contributed by atoms with E-state index in [1.54, 1.807) is 24.6 Å². The number of hydrogen-bond acceptors (Lipinski definition) is 3. The number of nitrogens with two attached hydrogens (primary N) is 1. The zero-order valence-electron chi connectivity index (χ0n) is 8.65. The molecule has 0 aliphatic rings. The first-order valence-corrected chi connectivity index (χ1v) is 5.27. The quantitative estimate of drug-likeness (QED) is 0.832. The summed E-state index contributed by atoms with van der Waals surface area (Å²) in [5.41, 5.74) is 5.12. The third kappa shape index (κ3) is 2.70. The molecule has 0 aromatic carbocycles.